The van der Waals surface area contributed by atoms with Gasteiger partial charge >= 0.3 is 33.3 Å². The number of piperidine rings is 2. The summed E-state index contributed by atoms with van der Waals surface area (Å²) in [7, 11) is 9.34. The van der Waals surface area contributed by atoms with Crippen LogP contribution in [0.15, 0.2) is 0 Å². The molecule has 2 heterocycles. The molecule has 17 heavy (non-hydrogen) atoms. The van der Waals surface area contributed by atoms with Crippen LogP contribution in [0.4, 0.5) is 0 Å². The average molecular weight is 340 g/mol. The van der Waals surface area contributed by atoms with Crippen molar-refractivity contribution < 1.29 is 29.2 Å². The van der Waals surface area contributed by atoms with E-state index in [4.69, 9.17) is 0 Å². The van der Waals surface area contributed by atoms with Gasteiger partial charge in [0.25, 0.3) is 0 Å². The zero-order chi connectivity index (χ0) is 11.1. The molecule has 2 aliphatic rings. The van der Waals surface area contributed by atoms with Crippen LogP contribution in [-0.2, 0) is 13.1 Å². The van der Waals surface area contributed by atoms with Crippen LogP contribution in [0.2, 0.25) is 0 Å². The summed E-state index contributed by atoms with van der Waals surface area (Å²) in [5, 5.41) is 9.20. The van der Waals surface area contributed by atoms with E-state index in [0.29, 0.717) is 12.5 Å². The summed E-state index contributed by atoms with van der Waals surface area (Å²) in [5.41, 5.74) is 0. The van der Waals surface area contributed by atoms with Gasteiger partial charge in [-0.3, -0.25) is 0 Å². The quantitative estimate of drug-likeness (QED) is 0.722. The second kappa shape index (κ2) is 12.0. The zero-order valence-corrected chi connectivity index (χ0v) is 12.2. The minimum atomic E-state index is 0. The first-order valence-corrected chi connectivity index (χ1v) is 8.08. The summed E-state index contributed by atoms with van der Waals surface area (Å²) in [4.78, 5) is 2.59. The fourth-order valence-corrected chi connectivity index (χ4v) is 2.79. The first-order valence-electron chi connectivity index (χ1n) is 5.49. The normalized spacial score (nSPS) is 27.9. The SMILES string of the molecule is O.O.OCC1CCCN2CCCCC12.[Cl][Cu][Cl]. The van der Waals surface area contributed by atoms with Gasteiger partial charge in [-0.1, -0.05) is 6.42 Å². The van der Waals surface area contributed by atoms with Gasteiger partial charge in [0.2, 0.25) is 0 Å². The van der Waals surface area contributed by atoms with E-state index in [1.165, 1.54) is 45.2 Å². The van der Waals surface area contributed by atoms with Gasteiger partial charge < -0.3 is 21.0 Å². The van der Waals surface area contributed by atoms with Crippen LogP contribution >= 0.6 is 20.2 Å². The molecule has 2 atom stereocenters. The van der Waals surface area contributed by atoms with Crippen molar-refractivity contribution in [3.63, 3.8) is 0 Å². The van der Waals surface area contributed by atoms with Crippen LogP contribution in [0.1, 0.15) is 32.1 Å². The molecule has 0 amide bonds. The van der Waals surface area contributed by atoms with Gasteiger partial charge in [0.1, 0.15) is 0 Å². The maximum atomic E-state index is 9.20. The Morgan fingerprint density at radius 2 is 1.65 bits per heavy atom. The van der Waals surface area contributed by atoms with Gasteiger partial charge in [0, 0.05) is 12.6 Å². The molecule has 0 aromatic carbocycles. The molecule has 7 heteroatoms. The molecule has 4 nitrogen and oxygen atoms in total. The van der Waals surface area contributed by atoms with Crippen LogP contribution in [0, 0.1) is 5.92 Å². The molecular weight excluding hydrogens is 317 g/mol. The van der Waals surface area contributed by atoms with E-state index in [0.717, 1.165) is 19.2 Å². The Kier molecular flexibility index (Phi) is 14.3. The van der Waals surface area contributed by atoms with E-state index in [1.54, 1.807) is 0 Å². The van der Waals surface area contributed by atoms with Crippen molar-refractivity contribution in [3.8, 4) is 0 Å². The Balaban J connectivity index is 0. The third kappa shape index (κ3) is 6.60. The molecule has 0 aliphatic carbocycles. The van der Waals surface area contributed by atoms with Crippen LogP contribution in [0.5, 0.6) is 0 Å². The van der Waals surface area contributed by atoms with Crippen molar-refractivity contribution in [2.75, 3.05) is 19.7 Å². The minimum absolute atomic E-state index is 0. The van der Waals surface area contributed by atoms with E-state index >= 15 is 0 Å². The summed E-state index contributed by atoms with van der Waals surface area (Å²) >= 11 is 0.757. The molecule has 2 unspecified atom stereocenters. The summed E-state index contributed by atoms with van der Waals surface area (Å²) in [6.07, 6.45) is 6.61. The van der Waals surface area contributed by atoms with E-state index in [2.05, 4.69) is 25.1 Å². The molecule has 5 N–H and O–H groups in total. The van der Waals surface area contributed by atoms with Crippen molar-refractivity contribution in [3.05, 3.63) is 0 Å². The van der Waals surface area contributed by atoms with Gasteiger partial charge in [-0.05, 0) is 44.7 Å². The van der Waals surface area contributed by atoms with Gasteiger partial charge in [0.05, 0.1) is 0 Å². The van der Waals surface area contributed by atoms with E-state index in [9.17, 15) is 5.11 Å². The third-order valence-electron chi connectivity index (χ3n) is 3.46. The van der Waals surface area contributed by atoms with E-state index in [1.807, 2.05) is 0 Å². The van der Waals surface area contributed by atoms with Crippen molar-refractivity contribution >= 4 is 20.2 Å². The van der Waals surface area contributed by atoms with Crippen molar-refractivity contribution in [1.29, 1.82) is 0 Å². The maximum absolute atomic E-state index is 9.20. The predicted octanol–water partition coefficient (Wildman–Crippen LogP) is 0.970. The Bertz CT molecular complexity index is 171. The predicted molar refractivity (Wildman–Crippen MR) is 68.0 cm³/mol. The van der Waals surface area contributed by atoms with Crippen molar-refractivity contribution in [2.24, 2.45) is 5.92 Å². The number of halogens is 2. The summed E-state index contributed by atoms with van der Waals surface area (Å²) < 4.78 is 0. The Labute approximate surface area is 118 Å². The molecular formula is C10H23Cl2CuNO3. The first kappa shape index (κ1) is 20.3. The van der Waals surface area contributed by atoms with Crippen molar-refractivity contribution in [1.82, 2.24) is 4.90 Å². The van der Waals surface area contributed by atoms with Crippen LogP contribution in [0.25, 0.3) is 0 Å². The Hall–Kier alpha value is 0.939. The van der Waals surface area contributed by atoms with Gasteiger partial charge in [-0.2, -0.15) is 0 Å². The van der Waals surface area contributed by atoms with Crippen LogP contribution in [0.3, 0.4) is 0 Å². The molecule has 0 aromatic rings. The molecule has 2 saturated heterocycles. The molecule has 0 spiro atoms. The molecule has 111 valence electrons. The van der Waals surface area contributed by atoms with Gasteiger partial charge in [0.15, 0.2) is 0 Å². The monoisotopic (exact) mass is 338 g/mol. The molecule has 2 aliphatic heterocycles. The second-order valence-electron chi connectivity index (χ2n) is 4.23. The number of fused-ring (bicyclic) bond motifs is 1. The topological polar surface area (TPSA) is 86.5 Å². The summed E-state index contributed by atoms with van der Waals surface area (Å²) in [5.74, 6) is 0.582. The van der Waals surface area contributed by atoms with E-state index < -0.39 is 0 Å². The number of nitrogens with zero attached hydrogens (tertiary/aromatic N) is 1. The fraction of sp³-hybridized carbons (Fsp3) is 1.00. The molecule has 0 saturated carbocycles. The van der Waals surface area contributed by atoms with E-state index in [-0.39, 0.29) is 11.0 Å². The second-order valence-corrected chi connectivity index (χ2v) is 5.78. The van der Waals surface area contributed by atoms with Crippen molar-refractivity contribution in [2.45, 2.75) is 38.1 Å². The van der Waals surface area contributed by atoms with Gasteiger partial charge in [-0.15, -0.1) is 0 Å². The number of rotatable bonds is 1. The molecule has 0 radical (unpaired) electrons. The summed E-state index contributed by atoms with van der Waals surface area (Å²) in [6.45, 7) is 2.96. The summed E-state index contributed by atoms with van der Waals surface area (Å²) in [6, 6.07) is 0.720. The fourth-order valence-electron chi connectivity index (χ4n) is 2.79. The molecule has 2 rings (SSSR count). The molecule has 0 bridgehead atoms. The van der Waals surface area contributed by atoms with Crippen LogP contribution in [-0.4, -0.2) is 46.7 Å². The Morgan fingerprint density at radius 3 is 2.24 bits per heavy atom. The van der Waals surface area contributed by atoms with Crippen LogP contribution < -0.4 is 0 Å². The number of hydrogen-bond acceptors (Lipinski definition) is 2. The number of aliphatic hydroxyl groups is 1. The first-order chi connectivity index (χ1) is 7.33. The average Bonchev–Trinajstić information content (AvgIpc) is 2.29. The zero-order valence-electron chi connectivity index (χ0n) is 9.76. The standard InChI is InChI=1S/C10H19NO.2ClH.Cu.2H2O/c12-8-9-4-3-7-11-6-2-1-5-10(9)11;;;;;/h9-10,12H,1-8H2;2*1H;;2*1H2/q;;;+2;;/p-2. The molecule has 2 fully saturated rings. The number of aliphatic hydroxyl groups excluding tert-OH is 1. The Morgan fingerprint density at radius 1 is 1.06 bits per heavy atom. The number of hydrogen-bond donors (Lipinski definition) is 1. The molecule has 0 aromatic heterocycles. The van der Waals surface area contributed by atoms with Gasteiger partial charge in [-0.25, -0.2) is 0 Å². The third-order valence-corrected chi connectivity index (χ3v) is 3.46.